The van der Waals surface area contributed by atoms with E-state index >= 15 is 0 Å². The summed E-state index contributed by atoms with van der Waals surface area (Å²) in [5.41, 5.74) is 0.903. The summed E-state index contributed by atoms with van der Waals surface area (Å²) in [4.78, 5) is 12.6. The van der Waals surface area contributed by atoms with Crippen molar-refractivity contribution in [1.82, 2.24) is 0 Å². The van der Waals surface area contributed by atoms with Crippen molar-refractivity contribution in [1.29, 1.82) is 5.26 Å². The minimum atomic E-state index is -0.586. The van der Waals surface area contributed by atoms with Crippen molar-refractivity contribution in [2.75, 3.05) is 12.4 Å². The minimum Gasteiger partial charge on any atom is -0.496 e. The van der Waals surface area contributed by atoms with Crippen LogP contribution in [0.3, 0.4) is 0 Å². The summed E-state index contributed by atoms with van der Waals surface area (Å²) in [5.74, 6) is -0.0216. The van der Waals surface area contributed by atoms with Crippen molar-refractivity contribution in [3.63, 3.8) is 0 Å². The van der Waals surface area contributed by atoms with Crippen LogP contribution in [-0.2, 0) is 4.79 Å². The summed E-state index contributed by atoms with van der Waals surface area (Å²) >= 11 is 12.1. The lowest BCUT2D eigenvalue weighted by molar-refractivity contribution is -0.112. The quantitative estimate of drug-likeness (QED) is 0.454. The number of halogens is 2. The van der Waals surface area contributed by atoms with E-state index in [1.165, 1.54) is 6.08 Å². The van der Waals surface area contributed by atoms with E-state index in [0.717, 1.165) is 10.8 Å². The zero-order valence-electron chi connectivity index (χ0n) is 14.3. The van der Waals surface area contributed by atoms with Crippen molar-refractivity contribution >= 4 is 51.6 Å². The maximum absolute atomic E-state index is 12.6. The average molecular weight is 397 g/mol. The fraction of sp³-hybridized carbons (Fsp3) is 0.0476. The van der Waals surface area contributed by atoms with Crippen LogP contribution in [-0.4, -0.2) is 13.0 Å². The molecule has 0 unspecified atom stereocenters. The van der Waals surface area contributed by atoms with Crippen LogP contribution < -0.4 is 10.1 Å². The van der Waals surface area contributed by atoms with Crippen LogP contribution in [0, 0.1) is 11.3 Å². The van der Waals surface area contributed by atoms with Crippen LogP contribution in [0.5, 0.6) is 5.75 Å². The Morgan fingerprint density at radius 3 is 2.63 bits per heavy atom. The maximum Gasteiger partial charge on any atom is 0.266 e. The van der Waals surface area contributed by atoms with Gasteiger partial charge in [0.1, 0.15) is 17.4 Å². The molecule has 0 saturated carbocycles. The fourth-order valence-electron chi connectivity index (χ4n) is 2.69. The monoisotopic (exact) mass is 396 g/mol. The lowest BCUT2D eigenvalue weighted by atomic mass is 10.0. The Labute approximate surface area is 166 Å². The van der Waals surface area contributed by atoms with Crippen LogP contribution in [0.1, 0.15) is 5.56 Å². The number of hydrogen-bond acceptors (Lipinski definition) is 3. The normalized spacial score (nSPS) is 11.1. The van der Waals surface area contributed by atoms with Gasteiger partial charge in [-0.3, -0.25) is 4.79 Å². The second kappa shape index (κ2) is 8.13. The highest BCUT2D eigenvalue weighted by molar-refractivity contribution is 6.44. The van der Waals surface area contributed by atoms with E-state index < -0.39 is 5.91 Å². The molecule has 4 nitrogen and oxygen atoms in total. The average Bonchev–Trinajstić information content (AvgIpc) is 2.69. The van der Waals surface area contributed by atoms with Crippen molar-refractivity contribution in [3.05, 3.63) is 75.8 Å². The van der Waals surface area contributed by atoms with Crippen LogP contribution in [0.4, 0.5) is 5.69 Å². The third kappa shape index (κ3) is 3.90. The smallest absolute Gasteiger partial charge is 0.266 e. The molecule has 0 aliphatic heterocycles. The summed E-state index contributed by atoms with van der Waals surface area (Å²) in [6.07, 6.45) is 1.51. The highest BCUT2D eigenvalue weighted by atomic mass is 35.5. The first kappa shape index (κ1) is 18.8. The second-order valence-electron chi connectivity index (χ2n) is 5.63. The van der Waals surface area contributed by atoms with E-state index in [0.29, 0.717) is 22.0 Å². The molecule has 0 saturated heterocycles. The van der Waals surface area contributed by atoms with Gasteiger partial charge in [0.15, 0.2) is 0 Å². The summed E-state index contributed by atoms with van der Waals surface area (Å²) < 4.78 is 5.41. The van der Waals surface area contributed by atoms with E-state index in [-0.39, 0.29) is 10.6 Å². The number of nitrogens with zero attached hydrogens (tertiary/aromatic N) is 1. The molecule has 27 heavy (non-hydrogen) atoms. The Morgan fingerprint density at radius 2 is 1.89 bits per heavy atom. The first-order valence-corrected chi connectivity index (χ1v) is 8.73. The van der Waals surface area contributed by atoms with Gasteiger partial charge in [0.25, 0.3) is 5.91 Å². The molecular formula is C21H14Cl2N2O2. The van der Waals surface area contributed by atoms with Crippen molar-refractivity contribution in [2.45, 2.75) is 0 Å². The number of fused-ring (bicyclic) bond motifs is 1. The molecule has 0 aromatic heterocycles. The van der Waals surface area contributed by atoms with Crippen molar-refractivity contribution < 1.29 is 9.53 Å². The predicted molar refractivity (Wildman–Crippen MR) is 109 cm³/mol. The second-order valence-corrected chi connectivity index (χ2v) is 6.41. The molecule has 0 radical (unpaired) electrons. The minimum absolute atomic E-state index is 0.0827. The van der Waals surface area contributed by atoms with Gasteiger partial charge < -0.3 is 10.1 Å². The molecule has 0 spiro atoms. The van der Waals surface area contributed by atoms with Crippen molar-refractivity contribution in [2.24, 2.45) is 0 Å². The number of nitrogens with one attached hydrogen (secondary N) is 1. The molecule has 0 fully saturated rings. The van der Waals surface area contributed by atoms with Crippen LogP contribution in [0.25, 0.3) is 16.8 Å². The third-order valence-corrected chi connectivity index (χ3v) is 4.82. The standard InChI is InChI=1S/C21H14Cl2N2O2/c1-27-19-10-9-13-5-2-3-6-15(13)16(19)11-14(12-24)21(26)25-18-8-4-7-17(22)20(18)23/h2-11H,1H3,(H,25,26)/b14-11+. The van der Waals surface area contributed by atoms with Gasteiger partial charge in [-0.1, -0.05) is 59.6 Å². The molecule has 3 aromatic carbocycles. The highest BCUT2D eigenvalue weighted by Gasteiger charge is 2.15. The van der Waals surface area contributed by atoms with Gasteiger partial charge in [0, 0.05) is 5.56 Å². The summed E-state index contributed by atoms with van der Waals surface area (Å²) in [6.45, 7) is 0. The van der Waals surface area contributed by atoms with Gasteiger partial charge in [0.05, 0.1) is 22.8 Å². The number of anilines is 1. The number of amides is 1. The Morgan fingerprint density at radius 1 is 1.11 bits per heavy atom. The number of hydrogen-bond donors (Lipinski definition) is 1. The fourth-order valence-corrected chi connectivity index (χ4v) is 3.03. The largest absolute Gasteiger partial charge is 0.496 e. The number of benzene rings is 3. The van der Waals surface area contributed by atoms with Crippen molar-refractivity contribution in [3.8, 4) is 11.8 Å². The number of nitriles is 1. The number of ether oxygens (including phenoxy) is 1. The predicted octanol–water partition coefficient (Wildman–Crippen LogP) is 5.70. The van der Waals surface area contributed by atoms with Crippen LogP contribution >= 0.6 is 23.2 Å². The van der Waals surface area contributed by atoms with Crippen LogP contribution in [0.15, 0.2) is 60.2 Å². The number of carbonyl (C=O) groups is 1. The Bertz CT molecular complexity index is 1100. The Kier molecular flexibility index (Phi) is 5.66. The molecule has 0 bridgehead atoms. The molecular weight excluding hydrogens is 383 g/mol. The molecule has 0 atom stereocenters. The molecule has 1 amide bonds. The third-order valence-electron chi connectivity index (χ3n) is 4.00. The maximum atomic E-state index is 12.6. The first-order chi connectivity index (χ1) is 13.0. The summed E-state index contributed by atoms with van der Waals surface area (Å²) in [7, 11) is 1.54. The Hall–Kier alpha value is -3.00. The van der Waals surface area contributed by atoms with E-state index in [9.17, 15) is 10.1 Å². The molecule has 3 aromatic rings. The SMILES string of the molecule is COc1ccc2ccccc2c1/C=C(\C#N)C(=O)Nc1cccc(Cl)c1Cl. The molecule has 1 N–H and O–H groups in total. The highest BCUT2D eigenvalue weighted by Crippen LogP contribution is 2.32. The van der Waals surface area contributed by atoms with Gasteiger partial charge in [-0.15, -0.1) is 0 Å². The number of rotatable bonds is 4. The molecule has 0 heterocycles. The van der Waals surface area contributed by atoms with Crippen LogP contribution in [0.2, 0.25) is 10.0 Å². The first-order valence-electron chi connectivity index (χ1n) is 7.98. The number of methoxy groups -OCH3 is 1. The van der Waals surface area contributed by atoms with Gasteiger partial charge in [0.2, 0.25) is 0 Å². The van der Waals surface area contributed by atoms with Gasteiger partial charge in [-0.2, -0.15) is 5.26 Å². The Balaban J connectivity index is 2.04. The van der Waals surface area contributed by atoms with Gasteiger partial charge in [-0.05, 0) is 35.0 Å². The van der Waals surface area contributed by atoms with Gasteiger partial charge in [-0.25, -0.2) is 0 Å². The summed E-state index contributed by atoms with van der Waals surface area (Å²) in [6, 6.07) is 18.2. The zero-order chi connectivity index (χ0) is 19.4. The lowest BCUT2D eigenvalue weighted by Gasteiger charge is -2.10. The molecule has 0 aliphatic rings. The number of carbonyl (C=O) groups excluding carboxylic acids is 1. The molecule has 134 valence electrons. The molecule has 6 heteroatoms. The molecule has 3 rings (SSSR count). The molecule has 0 aliphatic carbocycles. The van der Waals surface area contributed by atoms with E-state index in [1.54, 1.807) is 31.4 Å². The zero-order valence-corrected chi connectivity index (χ0v) is 15.8. The van der Waals surface area contributed by atoms with Gasteiger partial charge >= 0.3 is 0 Å². The lowest BCUT2D eigenvalue weighted by Crippen LogP contribution is -2.14. The van der Waals surface area contributed by atoms with E-state index in [1.807, 2.05) is 36.4 Å². The van der Waals surface area contributed by atoms with E-state index in [2.05, 4.69) is 5.32 Å². The topological polar surface area (TPSA) is 62.1 Å². The summed E-state index contributed by atoms with van der Waals surface area (Å²) in [5, 5.41) is 14.5. The van der Waals surface area contributed by atoms with E-state index in [4.69, 9.17) is 27.9 Å².